The van der Waals surface area contributed by atoms with E-state index in [2.05, 4.69) is 5.16 Å². The van der Waals surface area contributed by atoms with E-state index in [1.807, 2.05) is 0 Å². The van der Waals surface area contributed by atoms with Crippen LogP contribution in [0.4, 0.5) is 0 Å². The van der Waals surface area contributed by atoms with E-state index in [1.165, 1.54) is 19.1 Å². The minimum Gasteiger partial charge on any atom is -0.411 e. The van der Waals surface area contributed by atoms with Gasteiger partial charge in [0.15, 0.2) is 9.84 Å². The Bertz CT molecular complexity index is 694. The molecule has 20 heavy (non-hydrogen) atoms. The van der Waals surface area contributed by atoms with Crippen molar-refractivity contribution >= 4 is 15.5 Å². The van der Waals surface area contributed by atoms with Gasteiger partial charge < -0.3 is 5.21 Å². The molecule has 0 radical (unpaired) electrons. The van der Waals surface area contributed by atoms with E-state index < -0.39 is 15.1 Å². The van der Waals surface area contributed by atoms with Crippen molar-refractivity contribution < 1.29 is 13.6 Å². The standard InChI is InChI=1S/C15H15NO3S/c1-12(16-17)15(13-8-4-2-5-9-13)20(18,19)14-10-6-3-7-11-14/h2-11,15,17H,1H3/b16-12+. The van der Waals surface area contributed by atoms with Gasteiger partial charge >= 0.3 is 0 Å². The second kappa shape index (κ2) is 5.88. The van der Waals surface area contributed by atoms with Crippen molar-refractivity contribution in [3.8, 4) is 0 Å². The zero-order valence-electron chi connectivity index (χ0n) is 11.0. The molecule has 2 aromatic rings. The lowest BCUT2D eigenvalue weighted by atomic mass is 10.1. The lowest BCUT2D eigenvalue weighted by molar-refractivity contribution is 0.317. The summed E-state index contributed by atoms with van der Waals surface area (Å²) in [4.78, 5) is 0.205. The van der Waals surface area contributed by atoms with Crippen molar-refractivity contribution in [3.63, 3.8) is 0 Å². The summed E-state index contributed by atoms with van der Waals surface area (Å²) in [6, 6.07) is 16.9. The topological polar surface area (TPSA) is 66.7 Å². The molecular weight excluding hydrogens is 274 g/mol. The SMILES string of the molecule is C/C(=N\O)C(c1ccccc1)S(=O)(=O)c1ccccc1. The molecule has 0 spiro atoms. The van der Waals surface area contributed by atoms with E-state index in [4.69, 9.17) is 5.21 Å². The highest BCUT2D eigenvalue weighted by Crippen LogP contribution is 2.30. The third kappa shape index (κ3) is 2.72. The molecule has 0 aliphatic rings. The van der Waals surface area contributed by atoms with Crippen LogP contribution in [0.1, 0.15) is 17.7 Å². The molecule has 0 heterocycles. The molecule has 0 fully saturated rings. The highest BCUT2D eigenvalue weighted by Gasteiger charge is 2.31. The summed E-state index contributed by atoms with van der Waals surface area (Å²) in [6.07, 6.45) is 0. The predicted molar refractivity (Wildman–Crippen MR) is 77.7 cm³/mol. The van der Waals surface area contributed by atoms with Crippen LogP contribution in [0.25, 0.3) is 0 Å². The first-order chi connectivity index (χ1) is 9.57. The lowest BCUT2D eigenvalue weighted by Crippen LogP contribution is -2.20. The van der Waals surface area contributed by atoms with Crippen LogP contribution in [0.2, 0.25) is 0 Å². The number of nitrogens with zero attached hydrogens (tertiary/aromatic N) is 1. The van der Waals surface area contributed by atoms with Crippen LogP contribution in [0.15, 0.2) is 70.7 Å². The zero-order valence-corrected chi connectivity index (χ0v) is 11.8. The third-order valence-electron chi connectivity index (χ3n) is 3.02. The van der Waals surface area contributed by atoms with Crippen molar-refractivity contribution in [1.29, 1.82) is 0 Å². The fraction of sp³-hybridized carbons (Fsp3) is 0.133. The Balaban J connectivity index is 2.59. The molecule has 0 aliphatic heterocycles. The molecule has 2 aromatic carbocycles. The Labute approximate surface area is 118 Å². The van der Waals surface area contributed by atoms with Crippen LogP contribution in [0.3, 0.4) is 0 Å². The summed E-state index contributed by atoms with van der Waals surface area (Å²) in [7, 11) is -3.66. The fourth-order valence-electron chi connectivity index (χ4n) is 2.07. The first kappa shape index (κ1) is 14.3. The van der Waals surface area contributed by atoms with E-state index in [9.17, 15) is 8.42 Å². The van der Waals surface area contributed by atoms with Crippen LogP contribution in [-0.4, -0.2) is 19.3 Å². The molecule has 1 atom stereocenters. The van der Waals surface area contributed by atoms with Crippen molar-refractivity contribution in [1.82, 2.24) is 0 Å². The summed E-state index contributed by atoms with van der Waals surface area (Å²) < 4.78 is 25.5. The van der Waals surface area contributed by atoms with E-state index in [1.54, 1.807) is 48.5 Å². The van der Waals surface area contributed by atoms with Gasteiger partial charge in [0.25, 0.3) is 0 Å². The number of rotatable bonds is 4. The number of hydrogen-bond donors (Lipinski definition) is 1. The van der Waals surface area contributed by atoms with Gasteiger partial charge in [0.05, 0.1) is 10.6 Å². The van der Waals surface area contributed by atoms with E-state index in [0.29, 0.717) is 5.56 Å². The van der Waals surface area contributed by atoms with Crippen molar-refractivity contribution in [3.05, 3.63) is 66.2 Å². The van der Waals surface area contributed by atoms with Gasteiger partial charge in [-0.05, 0) is 24.6 Å². The molecule has 0 saturated carbocycles. The average Bonchev–Trinajstić information content (AvgIpc) is 2.49. The van der Waals surface area contributed by atoms with Gasteiger partial charge in [0.1, 0.15) is 5.25 Å². The maximum absolute atomic E-state index is 12.7. The van der Waals surface area contributed by atoms with Crippen LogP contribution in [0.5, 0.6) is 0 Å². The van der Waals surface area contributed by atoms with Gasteiger partial charge in [0, 0.05) is 0 Å². The molecule has 4 nitrogen and oxygen atoms in total. The molecule has 1 N–H and O–H groups in total. The van der Waals surface area contributed by atoms with E-state index >= 15 is 0 Å². The summed E-state index contributed by atoms with van der Waals surface area (Å²) in [5.41, 5.74) is 0.715. The monoisotopic (exact) mass is 289 g/mol. The summed E-state index contributed by atoms with van der Waals surface area (Å²) in [5, 5.41) is 11.1. The predicted octanol–water partition coefficient (Wildman–Crippen LogP) is 3.05. The summed E-state index contributed by atoms with van der Waals surface area (Å²) in [6.45, 7) is 1.50. The number of sulfone groups is 1. The fourth-order valence-corrected chi connectivity index (χ4v) is 3.89. The molecular formula is C15H15NO3S. The second-order valence-electron chi connectivity index (χ2n) is 4.39. The summed E-state index contributed by atoms with van der Waals surface area (Å²) in [5.74, 6) is 0. The second-order valence-corrected chi connectivity index (χ2v) is 6.42. The third-order valence-corrected chi connectivity index (χ3v) is 5.18. The molecule has 0 aromatic heterocycles. The molecule has 2 rings (SSSR count). The molecule has 104 valence electrons. The van der Waals surface area contributed by atoms with E-state index in [-0.39, 0.29) is 10.6 Å². The number of benzene rings is 2. The number of hydrogen-bond acceptors (Lipinski definition) is 4. The summed E-state index contributed by atoms with van der Waals surface area (Å²) >= 11 is 0. The molecule has 1 unspecified atom stereocenters. The van der Waals surface area contributed by atoms with Gasteiger partial charge in [-0.1, -0.05) is 53.7 Å². The first-order valence-electron chi connectivity index (χ1n) is 6.10. The van der Waals surface area contributed by atoms with Gasteiger partial charge in [-0.25, -0.2) is 8.42 Å². The van der Waals surface area contributed by atoms with E-state index in [0.717, 1.165) is 0 Å². The Hall–Kier alpha value is -2.14. The van der Waals surface area contributed by atoms with Gasteiger partial charge in [-0.3, -0.25) is 0 Å². The molecule has 0 aliphatic carbocycles. The molecule has 0 saturated heterocycles. The Kier molecular flexibility index (Phi) is 4.20. The molecule has 5 heteroatoms. The average molecular weight is 289 g/mol. The van der Waals surface area contributed by atoms with Gasteiger partial charge in [0.2, 0.25) is 0 Å². The Morgan fingerprint density at radius 2 is 1.50 bits per heavy atom. The zero-order chi connectivity index (χ0) is 14.6. The van der Waals surface area contributed by atoms with Crippen molar-refractivity contribution in [2.45, 2.75) is 17.1 Å². The van der Waals surface area contributed by atoms with Crippen LogP contribution in [-0.2, 0) is 9.84 Å². The highest BCUT2D eigenvalue weighted by molar-refractivity contribution is 7.92. The minimum absolute atomic E-state index is 0.139. The Morgan fingerprint density at radius 1 is 1.00 bits per heavy atom. The van der Waals surface area contributed by atoms with Crippen LogP contribution < -0.4 is 0 Å². The van der Waals surface area contributed by atoms with Crippen LogP contribution >= 0.6 is 0 Å². The van der Waals surface area contributed by atoms with Crippen molar-refractivity contribution in [2.24, 2.45) is 5.16 Å². The van der Waals surface area contributed by atoms with Gasteiger partial charge in [-0.15, -0.1) is 0 Å². The largest absolute Gasteiger partial charge is 0.411 e. The van der Waals surface area contributed by atoms with Crippen molar-refractivity contribution in [2.75, 3.05) is 0 Å². The number of oxime groups is 1. The first-order valence-corrected chi connectivity index (χ1v) is 7.64. The minimum atomic E-state index is -3.66. The highest BCUT2D eigenvalue weighted by atomic mass is 32.2. The molecule has 0 bridgehead atoms. The lowest BCUT2D eigenvalue weighted by Gasteiger charge is -2.17. The molecule has 0 amide bonds. The smallest absolute Gasteiger partial charge is 0.190 e. The maximum atomic E-state index is 12.7. The van der Waals surface area contributed by atoms with Gasteiger partial charge in [-0.2, -0.15) is 0 Å². The normalized spacial score (nSPS) is 13.9. The quantitative estimate of drug-likeness (QED) is 0.534. The van der Waals surface area contributed by atoms with Crippen LogP contribution in [0, 0.1) is 0 Å². The Morgan fingerprint density at radius 3 is 2.00 bits per heavy atom. The maximum Gasteiger partial charge on any atom is 0.190 e.